The number of esters is 1. The van der Waals surface area contributed by atoms with Crippen LogP contribution in [0, 0.1) is 13.8 Å². The summed E-state index contributed by atoms with van der Waals surface area (Å²) in [6.45, 7) is 5.58. The second kappa shape index (κ2) is 8.33. The Morgan fingerprint density at radius 2 is 1.77 bits per heavy atom. The molecule has 1 N–H and O–H groups in total. The van der Waals surface area contributed by atoms with Gasteiger partial charge in [0.05, 0.1) is 23.6 Å². The van der Waals surface area contributed by atoms with Gasteiger partial charge in [0.25, 0.3) is 0 Å². The van der Waals surface area contributed by atoms with Crippen LogP contribution in [0.2, 0.25) is 0 Å². The molecule has 0 unspecified atom stereocenters. The first-order chi connectivity index (χ1) is 12.2. The topological polar surface area (TPSA) is 81.7 Å². The first-order valence-corrected chi connectivity index (χ1v) is 9.62. The van der Waals surface area contributed by atoms with Crippen molar-refractivity contribution in [3.8, 4) is 5.75 Å². The number of carbonyl (C=O) groups excluding carboxylic acids is 1. The van der Waals surface area contributed by atoms with E-state index in [1.165, 1.54) is 19.2 Å². The fraction of sp³-hybridized carbons (Fsp3) is 0.316. The van der Waals surface area contributed by atoms with Gasteiger partial charge in [-0.2, -0.15) is 0 Å². The molecule has 0 radical (unpaired) electrons. The zero-order valence-electron chi connectivity index (χ0n) is 15.3. The Balaban J connectivity index is 2.07. The molecule has 1 atom stereocenters. The molecule has 0 saturated carbocycles. The van der Waals surface area contributed by atoms with E-state index in [1.54, 1.807) is 19.9 Å². The van der Waals surface area contributed by atoms with E-state index in [0.29, 0.717) is 11.3 Å². The highest BCUT2D eigenvalue weighted by Crippen LogP contribution is 2.17. The van der Waals surface area contributed by atoms with E-state index >= 15 is 0 Å². The molecule has 0 aliphatic rings. The third-order valence-corrected chi connectivity index (χ3v) is 5.39. The average Bonchev–Trinajstić information content (AvgIpc) is 2.60. The molecule has 140 valence electrons. The van der Waals surface area contributed by atoms with E-state index in [-0.39, 0.29) is 17.1 Å². The molecule has 2 aromatic carbocycles. The predicted octanol–water partition coefficient (Wildman–Crippen LogP) is 2.84. The molecular weight excluding hydrogens is 354 g/mol. The average molecular weight is 377 g/mol. The zero-order chi connectivity index (χ0) is 19.3. The summed E-state index contributed by atoms with van der Waals surface area (Å²) >= 11 is 0. The number of hydrogen-bond donors (Lipinski definition) is 1. The number of nitrogens with one attached hydrogen (secondary N) is 1. The molecule has 2 rings (SSSR count). The van der Waals surface area contributed by atoms with Gasteiger partial charge in [-0.3, -0.25) is 0 Å². The minimum atomic E-state index is -3.79. The van der Waals surface area contributed by atoms with Crippen LogP contribution in [0.5, 0.6) is 5.75 Å². The van der Waals surface area contributed by atoms with Crippen molar-refractivity contribution >= 4 is 16.0 Å². The maximum Gasteiger partial charge on any atom is 0.338 e. The summed E-state index contributed by atoms with van der Waals surface area (Å²) in [5, 5.41) is 0. The van der Waals surface area contributed by atoms with Crippen LogP contribution in [-0.2, 0) is 14.8 Å². The van der Waals surface area contributed by atoms with E-state index in [0.717, 1.165) is 5.56 Å². The third kappa shape index (κ3) is 5.06. The molecule has 7 heteroatoms. The smallest absolute Gasteiger partial charge is 0.338 e. The summed E-state index contributed by atoms with van der Waals surface area (Å²) < 4.78 is 38.0. The van der Waals surface area contributed by atoms with Crippen LogP contribution in [0.25, 0.3) is 0 Å². The van der Waals surface area contributed by atoms with Gasteiger partial charge < -0.3 is 9.47 Å². The number of benzene rings is 2. The maximum absolute atomic E-state index is 12.6. The van der Waals surface area contributed by atoms with Crippen LogP contribution >= 0.6 is 0 Å². The molecule has 0 heterocycles. The van der Waals surface area contributed by atoms with Gasteiger partial charge in [-0.1, -0.05) is 23.8 Å². The maximum atomic E-state index is 12.6. The fourth-order valence-corrected chi connectivity index (χ4v) is 3.57. The molecule has 0 aliphatic heterocycles. The lowest BCUT2D eigenvalue weighted by Crippen LogP contribution is -2.36. The normalized spacial score (nSPS) is 12.5. The van der Waals surface area contributed by atoms with Crippen molar-refractivity contribution in [1.29, 1.82) is 0 Å². The lowest BCUT2D eigenvalue weighted by molar-refractivity contribution is 0.0599. The van der Waals surface area contributed by atoms with Crippen LogP contribution in [0.1, 0.15) is 28.4 Å². The van der Waals surface area contributed by atoms with Crippen molar-refractivity contribution in [2.45, 2.75) is 31.7 Å². The van der Waals surface area contributed by atoms with Crippen molar-refractivity contribution in [1.82, 2.24) is 4.72 Å². The monoisotopic (exact) mass is 377 g/mol. The van der Waals surface area contributed by atoms with Crippen LogP contribution < -0.4 is 9.46 Å². The molecule has 6 nitrogen and oxygen atoms in total. The first kappa shape index (κ1) is 19.9. The second-order valence-electron chi connectivity index (χ2n) is 6.11. The zero-order valence-corrected chi connectivity index (χ0v) is 16.1. The Bertz CT molecular complexity index is 875. The van der Waals surface area contributed by atoms with Gasteiger partial charge in [0.15, 0.2) is 0 Å². The first-order valence-electron chi connectivity index (χ1n) is 8.13. The molecule has 2 aromatic rings. The highest BCUT2D eigenvalue weighted by atomic mass is 32.2. The molecular formula is C19H23NO5S. The molecule has 26 heavy (non-hydrogen) atoms. The number of sulfonamides is 1. The van der Waals surface area contributed by atoms with Crippen LogP contribution in [0.4, 0.5) is 0 Å². The van der Waals surface area contributed by atoms with Crippen LogP contribution in [0.15, 0.2) is 47.4 Å². The minimum absolute atomic E-state index is 0.00526. The lowest BCUT2D eigenvalue weighted by atomic mass is 10.1. The lowest BCUT2D eigenvalue weighted by Gasteiger charge is -2.16. The van der Waals surface area contributed by atoms with E-state index in [9.17, 15) is 13.2 Å². The number of aryl methyl sites for hydroxylation is 2. The quantitative estimate of drug-likeness (QED) is 0.751. The standard InChI is InChI=1S/C19H23NO5S/c1-13-5-8-16(9-6-13)25-12-15(3)20-26(22,23)17-10-7-14(2)18(11-17)19(21)24-4/h5-11,15,20H,12H2,1-4H3/t15-/m0/s1. The molecule has 0 spiro atoms. The number of methoxy groups -OCH3 is 1. The number of rotatable bonds is 7. The number of ether oxygens (including phenoxy) is 2. The highest BCUT2D eigenvalue weighted by molar-refractivity contribution is 7.89. The van der Waals surface area contributed by atoms with Crippen molar-refractivity contribution in [2.24, 2.45) is 0 Å². The van der Waals surface area contributed by atoms with Crippen molar-refractivity contribution in [3.05, 3.63) is 59.2 Å². The summed E-state index contributed by atoms with van der Waals surface area (Å²) in [5.74, 6) is 0.0975. The Morgan fingerprint density at radius 3 is 2.38 bits per heavy atom. The Labute approximate surface area is 154 Å². The summed E-state index contributed by atoms with van der Waals surface area (Å²) in [6, 6.07) is 11.4. The SMILES string of the molecule is COC(=O)c1cc(S(=O)(=O)N[C@@H](C)COc2ccc(C)cc2)ccc1C. The third-order valence-electron chi connectivity index (χ3n) is 3.80. The van der Waals surface area contributed by atoms with Crippen LogP contribution in [-0.4, -0.2) is 34.1 Å². The van der Waals surface area contributed by atoms with Crippen LogP contribution in [0.3, 0.4) is 0 Å². The molecule has 0 aromatic heterocycles. The van der Waals surface area contributed by atoms with Gasteiger partial charge in [-0.25, -0.2) is 17.9 Å². The van der Waals surface area contributed by atoms with E-state index in [4.69, 9.17) is 4.74 Å². The van der Waals surface area contributed by atoms with Crippen molar-refractivity contribution in [3.63, 3.8) is 0 Å². The van der Waals surface area contributed by atoms with E-state index in [2.05, 4.69) is 9.46 Å². The Kier molecular flexibility index (Phi) is 6.39. The summed E-state index contributed by atoms with van der Waals surface area (Å²) in [6.07, 6.45) is 0. The number of carbonyl (C=O) groups is 1. The highest BCUT2D eigenvalue weighted by Gasteiger charge is 2.20. The second-order valence-corrected chi connectivity index (χ2v) is 7.83. The van der Waals surface area contributed by atoms with E-state index < -0.39 is 22.0 Å². The van der Waals surface area contributed by atoms with Crippen molar-refractivity contribution in [2.75, 3.05) is 13.7 Å². The molecule has 0 fully saturated rings. The summed E-state index contributed by atoms with van der Waals surface area (Å²) in [4.78, 5) is 11.8. The van der Waals surface area contributed by atoms with Crippen molar-refractivity contribution < 1.29 is 22.7 Å². The van der Waals surface area contributed by atoms with Gasteiger partial charge >= 0.3 is 5.97 Å². The molecule has 0 saturated heterocycles. The fourth-order valence-electron chi connectivity index (χ4n) is 2.32. The summed E-state index contributed by atoms with van der Waals surface area (Å²) in [7, 11) is -2.53. The molecule has 0 amide bonds. The largest absolute Gasteiger partial charge is 0.492 e. The van der Waals surface area contributed by atoms with Gasteiger partial charge in [-0.15, -0.1) is 0 Å². The van der Waals surface area contributed by atoms with E-state index in [1.807, 2.05) is 31.2 Å². The summed E-state index contributed by atoms with van der Waals surface area (Å²) in [5.41, 5.74) is 1.98. The van der Waals surface area contributed by atoms with Gasteiger partial charge in [0.2, 0.25) is 10.0 Å². The van der Waals surface area contributed by atoms with Gasteiger partial charge in [-0.05, 0) is 50.6 Å². The Morgan fingerprint density at radius 1 is 1.12 bits per heavy atom. The minimum Gasteiger partial charge on any atom is -0.492 e. The predicted molar refractivity (Wildman–Crippen MR) is 99.0 cm³/mol. The Hall–Kier alpha value is -2.38. The molecule has 0 bridgehead atoms. The molecule has 0 aliphatic carbocycles. The van der Waals surface area contributed by atoms with Gasteiger partial charge in [0.1, 0.15) is 12.4 Å². The van der Waals surface area contributed by atoms with Gasteiger partial charge in [0, 0.05) is 0 Å². The number of hydrogen-bond acceptors (Lipinski definition) is 5.